The van der Waals surface area contributed by atoms with Crippen molar-refractivity contribution < 1.29 is 4.79 Å². The summed E-state index contributed by atoms with van der Waals surface area (Å²) in [5.41, 5.74) is 4.63. The van der Waals surface area contributed by atoms with Gasteiger partial charge in [-0.2, -0.15) is 0 Å². The Labute approximate surface area is 149 Å². The van der Waals surface area contributed by atoms with E-state index in [-0.39, 0.29) is 18.3 Å². The molecule has 0 aliphatic carbocycles. The highest BCUT2D eigenvalue weighted by molar-refractivity contribution is 5.85. The predicted molar refractivity (Wildman–Crippen MR) is 102 cm³/mol. The molecule has 2 aromatic carbocycles. The molecule has 0 atom stereocenters. The fourth-order valence-electron chi connectivity index (χ4n) is 2.92. The van der Waals surface area contributed by atoms with Gasteiger partial charge in [-0.3, -0.25) is 4.79 Å². The monoisotopic (exact) mass is 345 g/mol. The summed E-state index contributed by atoms with van der Waals surface area (Å²) >= 11 is 0. The molecule has 4 nitrogen and oxygen atoms in total. The normalized spacial score (nSPS) is 12.7. The molecule has 0 saturated carbocycles. The third-order valence-electron chi connectivity index (χ3n) is 4.36. The van der Waals surface area contributed by atoms with E-state index in [0.717, 1.165) is 24.5 Å². The van der Waals surface area contributed by atoms with Crippen LogP contribution in [0, 0.1) is 6.92 Å². The third-order valence-corrected chi connectivity index (χ3v) is 4.36. The van der Waals surface area contributed by atoms with Gasteiger partial charge in [0.15, 0.2) is 0 Å². The van der Waals surface area contributed by atoms with Crippen LogP contribution in [0.3, 0.4) is 0 Å². The standard InChI is InChI=1S/C19H23N3O.ClH/c1-15-7-3-4-8-16(15)13-21(2)19(23)14-22-12-11-20-17-9-5-6-10-18(17)22;/h3-10,20H,11-14H2,1-2H3;1H. The highest BCUT2D eigenvalue weighted by atomic mass is 35.5. The second-order valence-electron chi connectivity index (χ2n) is 6.04. The SMILES string of the molecule is Cc1ccccc1CN(C)C(=O)CN1CCNc2ccccc21.Cl. The first-order chi connectivity index (χ1) is 11.1. The topological polar surface area (TPSA) is 35.6 Å². The Hall–Kier alpha value is -2.20. The Bertz CT molecular complexity index is 705. The Kier molecular flexibility index (Phi) is 6.10. The van der Waals surface area contributed by atoms with Crippen molar-refractivity contribution in [3.8, 4) is 0 Å². The molecular formula is C19H24ClN3O. The van der Waals surface area contributed by atoms with E-state index >= 15 is 0 Å². The van der Waals surface area contributed by atoms with Gasteiger partial charge in [-0.25, -0.2) is 0 Å². The van der Waals surface area contributed by atoms with E-state index in [4.69, 9.17) is 0 Å². The van der Waals surface area contributed by atoms with Crippen LogP contribution in [0.15, 0.2) is 48.5 Å². The van der Waals surface area contributed by atoms with Crippen LogP contribution in [-0.4, -0.2) is 37.5 Å². The maximum Gasteiger partial charge on any atom is 0.242 e. The van der Waals surface area contributed by atoms with Crippen LogP contribution in [-0.2, 0) is 11.3 Å². The molecule has 0 unspecified atom stereocenters. The van der Waals surface area contributed by atoms with Gasteiger partial charge < -0.3 is 15.1 Å². The van der Waals surface area contributed by atoms with E-state index in [0.29, 0.717) is 13.1 Å². The highest BCUT2D eigenvalue weighted by Gasteiger charge is 2.20. The number of amides is 1. The molecule has 0 bridgehead atoms. The predicted octanol–water partition coefficient (Wildman–Crippen LogP) is 3.31. The van der Waals surface area contributed by atoms with E-state index < -0.39 is 0 Å². The number of aryl methyl sites for hydroxylation is 1. The molecule has 0 radical (unpaired) electrons. The largest absolute Gasteiger partial charge is 0.382 e. The Morgan fingerprint density at radius 1 is 1.17 bits per heavy atom. The lowest BCUT2D eigenvalue weighted by molar-refractivity contribution is -0.128. The lowest BCUT2D eigenvalue weighted by atomic mass is 10.1. The maximum absolute atomic E-state index is 12.6. The van der Waals surface area contributed by atoms with E-state index in [1.165, 1.54) is 11.1 Å². The van der Waals surface area contributed by atoms with Crippen molar-refractivity contribution >= 4 is 29.7 Å². The first-order valence-electron chi connectivity index (χ1n) is 8.01. The first-order valence-corrected chi connectivity index (χ1v) is 8.01. The van der Waals surface area contributed by atoms with E-state index in [1.54, 1.807) is 0 Å². The number of para-hydroxylation sites is 2. The molecule has 1 aliphatic heterocycles. The molecule has 0 aromatic heterocycles. The molecule has 1 N–H and O–H groups in total. The van der Waals surface area contributed by atoms with Crippen LogP contribution >= 0.6 is 12.4 Å². The van der Waals surface area contributed by atoms with Gasteiger partial charge in [-0.1, -0.05) is 36.4 Å². The summed E-state index contributed by atoms with van der Waals surface area (Å²) in [7, 11) is 1.88. The Morgan fingerprint density at radius 3 is 2.67 bits per heavy atom. The molecule has 1 aliphatic rings. The van der Waals surface area contributed by atoms with Gasteiger partial charge in [0, 0.05) is 26.7 Å². The molecule has 1 heterocycles. The van der Waals surface area contributed by atoms with Crippen molar-refractivity contribution in [1.82, 2.24) is 4.90 Å². The van der Waals surface area contributed by atoms with E-state index in [2.05, 4.69) is 41.4 Å². The summed E-state index contributed by atoms with van der Waals surface area (Å²) < 4.78 is 0. The van der Waals surface area contributed by atoms with Gasteiger partial charge in [0.05, 0.1) is 17.9 Å². The molecule has 24 heavy (non-hydrogen) atoms. The van der Waals surface area contributed by atoms with Crippen LogP contribution < -0.4 is 10.2 Å². The number of fused-ring (bicyclic) bond motifs is 1. The third kappa shape index (κ3) is 4.01. The van der Waals surface area contributed by atoms with E-state index in [1.807, 2.05) is 36.2 Å². The number of halogens is 1. The summed E-state index contributed by atoms with van der Waals surface area (Å²) in [4.78, 5) is 16.6. The minimum Gasteiger partial charge on any atom is -0.382 e. The minimum absolute atomic E-state index is 0. The molecule has 128 valence electrons. The molecule has 1 amide bonds. The summed E-state index contributed by atoms with van der Waals surface area (Å²) in [5, 5.41) is 3.38. The molecule has 0 fully saturated rings. The zero-order valence-electron chi connectivity index (χ0n) is 14.2. The zero-order chi connectivity index (χ0) is 16.2. The number of carbonyl (C=O) groups excluding carboxylic acids is 1. The zero-order valence-corrected chi connectivity index (χ0v) is 15.0. The Morgan fingerprint density at radius 2 is 1.88 bits per heavy atom. The van der Waals surface area contributed by atoms with Crippen LogP contribution in [0.5, 0.6) is 0 Å². The molecular weight excluding hydrogens is 322 g/mol. The van der Waals surface area contributed by atoms with E-state index in [9.17, 15) is 4.79 Å². The van der Waals surface area contributed by atoms with Gasteiger partial charge in [-0.05, 0) is 30.2 Å². The highest BCUT2D eigenvalue weighted by Crippen LogP contribution is 2.28. The van der Waals surface area contributed by atoms with Gasteiger partial charge in [0.25, 0.3) is 0 Å². The van der Waals surface area contributed by atoms with Crippen molar-refractivity contribution in [2.24, 2.45) is 0 Å². The summed E-state index contributed by atoms with van der Waals surface area (Å²) in [6.07, 6.45) is 0. The second-order valence-corrected chi connectivity index (χ2v) is 6.04. The summed E-state index contributed by atoms with van der Waals surface area (Å²) in [6, 6.07) is 16.4. The average Bonchev–Trinajstić information content (AvgIpc) is 2.57. The van der Waals surface area contributed by atoms with Gasteiger partial charge in [0.1, 0.15) is 0 Å². The van der Waals surface area contributed by atoms with Gasteiger partial charge >= 0.3 is 0 Å². The van der Waals surface area contributed by atoms with Gasteiger partial charge in [0.2, 0.25) is 5.91 Å². The molecule has 2 aromatic rings. The number of rotatable bonds is 4. The number of likely N-dealkylation sites (N-methyl/N-ethyl adjacent to an activating group) is 1. The molecule has 0 saturated heterocycles. The fraction of sp³-hybridized carbons (Fsp3) is 0.316. The van der Waals surface area contributed by atoms with Crippen molar-refractivity contribution in [2.45, 2.75) is 13.5 Å². The fourth-order valence-corrected chi connectivity index (χ4v) is 2.92. The number of nitrogens with one attached hydrogen (secondary N) is 1. The number of hydrogen-bond acceptors (Lipinski definition) is 3. The van der Waals surface area contributed by atoms with Crippen molar-refractivity contribution in [1.29, 1.82) is 0 Å². The number of benzene rings is 2. The average molecular weight is 346 g/mol. The number of nitrogens with zero attached hydrogens (tertiary/aromatic N) is 2. The smallest absolute Gasteiger partial charge is 0.242 e. The molecule has 0 spiro atoms. The lowest BCUT2D eigenvalue weighted by Crippen LogP contribution is -2.42. The number of hydrogen-bond donors (Lipinski definition) is 1. The quantitative estimate of drug-likeness (QED) is 0.923. The van der Waals surface area contributed by atoms with Crippen molar-refractivity contribution in [3.05, 3.63) is 59.7 Å². The molecule has 3 rings (SSSR count). The van der Waals surface area contributed by atoms with Crippen molar-refractivity contribution in [2.75, 3.05) is 36.9 Å². The first kappa shape index (κ1) is 18.1. The Balaban J connectivity index is 0.00000208. The second kappa shape index (κ2) is 8.06. The summed E-state index contributed by atoms with van der Waals surface area (Å²) in [6.45, 7) is 4.87. The molecule has 5 heteroatoms. The van der Waals surface area contributed by atoms with Gasteiger partial charge in [-0.15, -0.1) is 12.4 Å². The summed E-state index contributed by atoms with van der Waals surface area (Å²) in [5.74, 6) is 0.143. The van der Waals surface area contributed by atoms with Crippen LogP contribution in [0.4, 0.5) is 11.4 Å². The van der Waals surface area contributed by atoms with Crippen LogP contribution in [0.25, 0.3) is 0 Å². The number of carbonyl (C=O) groups is 1. The lowest BCUT2D eigenvalue weighted by Gasteiger charge is -2.32. The van der Waals surface area contributed by atoms with Crippen molar-refractivity contribution in [3.63, 3.8) is 0 Å². The van der Waals surface area contributed by atoms with Crippen LogP contribution in [0.2, 0.25) is 0 Å². The van der Waals surface area contributed by atoms with Crippen LogP contribution in [0.1, 0.15) is 11.1 Å². The maximum atomic E-state index is 12.6. The minimum atomic E-state index is 0. The number of anilines is 2.